The molecule has 0 fully saturated rings. The normalized spacial score (nSPS) is 13.5. The molecule has 0 unspecified atom stereocenters. The van der Waals surface area contributed by atoms with E-state index < -0.39 is 0 Å². The molecule has 1 aliphatic rings. The lowest BCUT2D eigenvalue weighted by atomic mass is 10.1. The van der Waals surface area contributed by atoms with Crippen LogP contribution in [-0.2, 0) is 0 Å². The van der Waals surface area contributed by atoms with Crippen LogP contribution < -0.4 is 10.1 Å². The maximum Gasteiger partial charge on any atom is 0.159 e. The second-order valence-corrected chi connectivity index (χ2v) is 6.77. The smallest absolute Gasteiger partial charge is 0.159 e. The molecule has 7 heteroatoms. The summed E-state index contributed by atoms with van der Waals surface area (Å²) in [7, 11) is 3.69. The summed E-state index contributed by atoms with van der Waals surface area (Å²) in [6.07, 6.45) is 11.5. The van der Waals surface area contributed by atoms with Crippen molar-refractivity contribution in [3.8, 4) is 17.1 Å². The van der Waals surface area contributed by atoms with Gasteiger partial charge in [0.1, 0.15) is 23.4 Å². The van der Waals surface area contributed by atoms with Crippen molar-refractivity contribution in [3.63, 3.8) is 0 Å². The molecule has 1 aliphatic heterocycles. The number of nitrogens with zero attached hydrogens (tertiary/aromatic N) is 5. The first-order valence-electron chi connectivity index (χ1n) is 9.07. The van der Waals surface area contributed by atoms with E-state index in [1.165, 1.54) is 5.57 Å². The summed E-state index contributed by atoms with van der Waals surface area (Å²) in [6, 6.07) is 3.91. The Balaban J connectivity index is 1.71. The van der Waals surface area contributed by atoms with Gasteiger partial charge in [-0.2, -0.15) is 0 Å². The first kappa shape index (κ1) is 17.9. The van der Waals surface area contributed by atoms with E-state index in [1.54, 1.807) is 25.8 Å². The van der Waals surface area contributed by atoms with Gasteiger partial charge in [0.05, 0.1) is 7.11 Å². The Bertz CT molecular complexity index is 1060. The highest BCUT2D eigenvalue weighted by Gasteiger charge is 2.13. The number of aryl methyl sites for hydroxylation is 1. The Kier molecular flexibility index (Phi) is 4.89. The summed E-state index contributed by atoms with van der Waals surface area (Å²) < 4.78 is 5.57. The van der Waals surface area contributed by atoms with Crippen LogP contribution in [0.15, 0.2) is 54.8 Å². The maximum absolute atomic E-state index is 5.57. The number of rotatable bonds is 5. The highest BCUT2D eigenvalue weighted by Crippen LogP contribution is 2.32. The van der Waals surface area contributed by atoms with Crippen LogP contribution in [0.1, 0.15) is 5.56 Å². The Morgan fingerprint density at radius 2 is 1.96 bits per heavy atom. The van der Waals surface area contributed by atoms with Crippen LogP contribution >= 0.6 is 0 Å². The molecule has 2 aromatic heterocycles. The van der Waals surface area contributed by atoms with Gasteiger partial charge in [0.15, 0.2) is 5.82 Å². The molecule has 142 valence electrons. The molecular formula is C21H22N6O. The molecule has 4 rings (SSSR count). The van der Waals surface area contributed by atoms with Gasteiger partial charge < -0.3 is 15.0 Å². The van der Waals surface area contributed by atoms with Crippen molar-refractivity contribution in [2.24, 2.45) is 0 Å². The topological polar surface area (TPSA) is 76.1 Å². The molecule has 3 aromatic rings. The van der Waals surface area contributed by atoms with Crippen molar-refractivity contribution in [2.75, 3.05) is 32.6 Å². The minimum atomic E-state index is 0.640. The molecule has 0 amide bonds. The van der Waals surface area contributed by atoms with Crippen LogP contribution in [0.25, 0.3) is 22.3 Å². The van der Waals surface area contributed by atoms with Crippen molar-refractivity contribution >= 4 is 16.7 Å². The van der Waals surface area contributed by atoms with E-state index in [0.717, 1.165) is 34.4 Å². The summed E-state index contributed by atoms with van der Waals surface area (Å²) in [5.74, 6) is 2.06. The molecule has 0 saturated carbocycles. The fourth-order valence-corrected chi connectivity index (χ4v) is 3.03. The van der Waals surface area contributed by atoms with Gasteiger partial charge in [-0.1, -0.05) is 6.08 Å². The number of aromatic nitrogens is 4. The zero-order valence-corrected chi connectivity index (χ0v) is 16.2. The molecule has 1 N–H and O–H groups in total. The van der Waals surface area contributed by atoms with Gasteiger partial charge >= 0.3 is 0 Å². The third-order valence-corrected chi connectivity index (χ3v) is 4.61. The molecule has 0 radical (unpaired) electrons. The number of ether oxygens (including phenoxy) is 1. The van der Waals surface area contributed by atoms with Gasteiger partial charge in [0.25, 0.3) is 0 Å². The number of hydrogen-bond acceptors (Lipinski definition) is 7. The first-order valence-corrected chi connectivity index (χ1v) is 9.07. The fourth-order valence-electron chi connectivity index (χ4n) is 3.03. The monoisotopic (exact) mass is 374 g/mol. The van der Waals surface area contributed by atoms with Crippen LogP contribution in [0, 0.1) is 6.92 Å². The predicted molar refractivity (Wildman–Crippen MR) is 110 cm³/mol. The number of benzene rings is 1. The zero-order chi connectivity index (χ0) is 19.5. The Morgan fingerprint density at radius 3 is 2.68 bits per heavy atom. The SMILES string of the molecule is COc1cc(-c2ncc(C)cn2)cc2c(NCC3=CCN(C)C=C3)ncnc12. The summed E-state index contributed by atoms with van der Waals surface area (Å²) in [6.45, 7) is 3.55. The van der Waals surface area contributed by atoms with Crippen LogP contribution in [-0.4, -0.2) is 52.1 Å². The first-order chi connectivity index (χ1) is 13.6. The average molecular weight is 374 g/mol. The van der Waals surface area contributed by atoms with Crippen molar-refractivity contribution in [1.29, 1.82) is 0 Å². The second-order valence-electron chi connectivity index (χ2n) is 6.77. The van der Waals surface area contributed by atoms with Crippen molar-refractivity contribution in [1.82, 2.24) is 24.8 Å². The maximum atomic E-state index is 5.57. The molecule has 0 bridgehead atoms. The van der Waals surface area contributed by atoms with E-state index in [4.69, 9.17) is 4.74 Å². The number of hydrogen-bond donors (Lipinski definition) is 1. The van der Waals surface area contributed by atoms with E-state index in [9.17, 15) is 0 Å². The largest absolute Gasteiger partial charge is 0.494 e. The minimum Gasteiger partial charge on any atom is -0.494 e. The zero-order valence-electron chi connectivity index (χ0n) is 16.2. The van der Waals surface area contributed by atoms with Gasteiger partial charge in [-0.25, -0.2) is 19.9 Å². The summed E-state index contributed by atoms with van der Waals surface area (Å²) in [5.41, 5.74) is 3.85. The van der Waals surface area contributed by atoms with Crippen molar-refractivity contribution in [2.45, 2.75) is 6.92 Å². The highest BCUT2D eigenvalue weighted by molar-refractivity contribution is 5.96. The van der Waals surface area contributed by atoms with E-state index in [-0.39, 0.29) is 0 Å². The van der Waals surface area contributed by atoms with Crippen molar-refractivity contribution < 1.29 is 4.74 Å². The lowest BCUT2D eigenvalue weighted by Crippen LogP contribution is -2.16. The molecule has 3 heterocycles. The van der Waals surface area contributed by atoms with Crippen LogP contribution in [0.4, 0.5) is 5.82 Å². The van der Waals surface area contributed by atoms with Gasteiger partial charge in [-0.05, 0) is 42.5 Å². The number of methoxy groups -OCH3 is 1. The second kappa shape index (κ2) is 7.64. The van der Waals surface area contributed by atoms with E-state index in [0.29, 0.717) is 18.1 Å². The summed E-state index contributed by atoms with van der Waals surface area (Å²) >= 11 is 0. The van der Waals surface area contributed by atoms with E-state index in [2.05, 4.69) is 55.6 Å². The molecule has 1 aromatic carbocycles. The number of likely N-dealkylation sites (N-methyl/N-ethyl adjacent to an activating group) is 1. The van der Waals surface area contributed by atoms with Crippen LogP contribution in [0.5, 0.6) is 5.75 Å². The average Bonchev–Trinajstić information content (AvgIpc) is 2.73. The van der Waals surface area contributed by atoms with Crippen molar-refractivity contribution in [3.05, 3.63) is 60.3 Å². The molecular weight excluding hydrogens is 352 g/mol. The third kappa shape index (κ3) is 3.64. The molecule has 0 saturated heterocycles. The highest BCUT2D eigenvalue weighted by atomic mass is 16.5. The lowest BCUT2D eigenvalue weighted by Gasteiger charge is -2.18. The Labute approximate surface area is 163 Å². The number of nitrogens with one attached hydrogen (secondary N) is 1. The predicted octanol–water partition coefficient (Wildman–Crippen LogP) is 3.20. The molecule has 7 nitrogen and oxygen atoms in total. The van der Waals surface area contributed by atoms with Gasteiger partial charge in [-0.3, -0.25) is 0 Å². The lowest BCUT2D eigenvalue weighted by molar-refractivity contribution is 0.419. The summed E-state index contributed by atoms with van der Waals surface area (Å²) in [4.78, 5) is 19.9. The van der Waals surface area contributed by atoms with E-state index >= 15 is 0 Å². The third-order valence-electron chi connectivity index (χ3n) is 4.61. The van der Waals surface area contributed by atoms with Gasteiger partial charge in [0, 0.05) is 43.5 Å². The quantitative estimate of drug-likeness (QED) is 0.735. The number of fused-ring (bicyclic) bond motifs is 1. The van der Waals surface area contributed by atoms with E-state index in [1.807, 2.05) is 19.1 Å². The van der Waals surface area contributed by atoms with Gasteiger partial charge in [-0.15, -0.1) is 0 Å². The minimum absolute atomic E-state index is 0.640. The molecule has 28 heavy (non-hydrogen) atoms. The number of anilines is 1. The van der Waals surface area contributed by atoms with Crippen LogP contribution in [0.3, 0.4) is 0 Å². The standard InChI is InChI=1S/C21H22N6O/c1-14-10-22-20(23-11-14)16-8-17-19(18(9-16)28-3)25-13-26-21(17)24-12-15-4-6-27(2)7-5-15/h4-6,8-11,13H,7,12H2,1-3H3,(H,24,25,26). The Hall–Kier alpha value is -3.48. The molecule has 0 aliphatic carbocycles. The fraction of sp³-hybridized carbons (Fsp3) is 0.238. The Morgan fingerprint density at radius 1 is 1.14 bits per heavy atom. The molecule has 0 atom stereocenters. The summed E-state index contributed by atoms with van der Waals surface area (Å²) in [5, 5.41) is 4.30. The van der Waals surface area contributed by atoms with Gasteiger partial charge in [0.2, 0.25) is 0 Å². The van der Waals surface area contributed by atoms with Crippen LogP contribution in [0.2, 0.25) is 0 Å². The molecule has 0 spiro atoms.